The average Bonchev–Trinajstić information content (AvgIpc) is 3.31. The molecule has 59 heavy (non-hydrogen) atoms. The summed E-state index contributed by atoms with van der Waals surface area (Å²) in [6.45, 7) is 0. The summed E-state index contributed by atoms with van der Waals surface area (Å²) in [5, 5.41) is 7.59. The third-order valence-corrected chi connectivity index (χ3v) is 12.6. The standard InChI is InChI=1S/C56H40N2O/c1-3-13-37(14-4-1)38-27-31-44(32-28-38)57(50-34-30-42-26-25-40-17-11-18-41-29-33-48(50)55(42)54(40)41)45-35-49(47-22-12-16-39-15-7-8-21-46(39)47)56-52(36-45)58(43-19-5-2-6-20-43)51-23-9-10-24-53(51)59-56/h1-6,9-14,16-20,22-36H,7-8,15,21H2. The van der Waals surface area contributed by atoms with Crippen molar-refractivity contribution in [2.75, 3.05) is 9.80 Å². The summed E-state index contributed by atoms with van der Waals surface area (Å²) in [7, 11) is 0. The Labute approximate surface area is 344 Å². The van der Waals surface area contributed by atoms with Gasteiger partial charge in [0.1, 0.15) is 0 Å². The molecule has 0 aromatic heterocycles. The molecule has 0 N–H and O–H groups in total. The topological polar surface area (TPSA) is 15.7 Å². The van der Waals surface area contributed by atoms with Crippen molar-refractivity contribution in [2.24, 2.45) is 0 Å². The van der Waals surface area contributed by atoms with Gasteiger partial charge in [-0.3, -0.25) is 0 Å². The molecule has 12 rings (SSSR count). The number of aryl methyl sites for hydroxylation is 1. The molecule has 1 heterocycles. The first-order valence-electron chi connectivity index (χ1n) is 20.8. The maximum atomic E-state index is 7.10. The van der Waals surface area contributed by atoms with Crippen molar-refractivity contribution in [2.45, 2.75) is 25.7 Å². The van der Waals surface area contributed by atoms with E-state index in [0.717, 1.165) is 64.0 Å². The van der Waals surface area contributed by atoms with Crippen LogP contribution >= 0.6 is 0 Å². The van der Waals surface area contributed by atoms with Gasteiger partial charge in [-0.15, -0.1) is 0 Å². The van der Waals surface area contributed by atoms with E-state index in [2.05, 4.69) is 204 Å². The van der Waals surface area contributed by atoms with Crippen LogP contribution < -0.4 is 14.5 Å². The maximum absolute atomic E-state index is 7.10. The molecule has 0 saturated carbocycles. The van der Waals surface area contributed by atoms with Gasteiger partial charge in [-0.25, -0.2) is 0 Å². The van der Waals surface area contributed by atoms with E-state index in [1.54, 1.807) is 0 Å². The number of nitrogens with zero attached hydrogens (tertiary/aromatic N) is 2. The summed E-state index contributed by atoms with van der Waals surface area (Å²) in [4.78, 5) is 4.86. The van der Waals surface area contributed by atoms with Crippen LogP contribution in [0.25, 0.3) is 54.6 Å². The number of hydrogen-bond acceptors (Lipinski definition) is 3. The monoisotopic (exact) mass is 756 g/mol. The fourth-order valence-corrected chi connectivity index (χ4v) is 9.83. The Bertz CT molecular complexity index is 3170. The molecule has 0 radical (unpaired) electrons. The zero-order chi connectivity index (χ0) is 38.9. The van der Waals surface area contributed by atoms with Crippen LogP contribution in [0, 0.1) is 0 Å². The highest BCUT2D eigenvalue weighted by molar-refractivity contribution is 6.25. The second kappa shape index (κ2) is 13.6. The quantitative estimate of drug-likeness (QED) is 0.157. The highest BCUT2D eigenvalue weighted by atomic mass is 16.5. The van der Waals surface area contributed by atoms with Crippen molar-refractivity contribution in [3.8, 4) is 33.8 Å². The van der Waals surface area contributed by atoms with E-state index in [0.29, 0.717) is 0 Å². The molecule has 0 saturated heterocycles. The zero-order valence-corrected chi connectivity index (χ0v) is 32.6. The molecular formula is C56H40N2O. The molecule has 280 valence electrons. The molecule has 3 nitrogen and oxygen atoms in total. The Balaban J connectivity index is 1.17. The first-order chi connectivity index (χ1) is 29.3. The minimum absolute atomic E-state index is 0.850. The van der Waals surface area contributed by atoms with Crippen LogP contribution in [-0.2, 0) is 12.8 Å². The molecule has 0 fully saturated rings. The summed E-state index contributed by atoms with van der Waals surface area (Å²) >= 11 is 0. The smallest absolute Gasteiger partial charge is 0.159 e. The molecule has 3 heteroatoms. The van der Waals surface area contributed by atoms with E-state index in [4.69, 9.17) is 4.74 Å². The Morgan fingerprint density at radius 3 is 1.97 bits per heavy atom. The van der Waals surface area contributed by atoms with Gasteiger partial charge in [-0.05, 0) is 135 Å². The molecule has 0 amide bonds. The third-order valence-electron chi connectivity index (χ3n) is 12.6. The normalized spacial score (nSPS) is 13.3. The fraction of sp³-hybridized carbons (Fsp3) is 0.0714. The van der Waals surface area contributed by atoms with Gasteiger partial charge in [-0.1, -0.05) is 140 Å². The Morgan fingerprint density at radius 2 is 1.14 bits per heavy atom. The van der Waals surface area contributed by atoms with Crippen LogP contribution in [-0.4, -0.2) is 0 Å². The molecule has 0 atom stereocenters. The lowest BCUT2D eigenvalue weighted by atomic mass is 9.85. The number of rotatable bonds is 6. The summed E-state index contributed by atoms with van der Waals surface area (Å²) < 4.78 is 7.10. The van der Waals surface area contributed by atoms with E-state index in [-0.39, 0.29) is 0 Å². The van der Waals surface area contributed by atoms with Gasteiger partial charge in [0.15, 0.2) is 11.5 Å². The van der Waals surface area contributed by atoms with Gasteiger partial charge in [0.05, 0.1) is 17.1 Å². The van der Waals surface area contributed by atoms with E-state index in [1.807, 2.05) is 0 Å². The minimum Gasteiger partial charge on any atom is -0.452 e. The fourth-order valence-electron chi connectivity index (χ4n) is 9.83. The molecule has 1 aliphatic heterocycles. The van der Waals surface area contributed by atoms with Crippen molar-refractivity contribution in [1.82, 2.24) is 0 Å². The number of para-hydroxylation sites is 3. The van der Waals surface area contributed by atoms with Crippen molar-refractivity contribution >= 4 is 66.4 Å². The van der Waals surface area contributed by atoms with Gasteiger partial charge >= 0.3 is 0 Å². The third kappa shape index (κ3) is 5.50. The van der Waals surface area contributed by atoms with Crippen LogP contribution in [0.4, 0.5) is 34.1 Å². The first-order valence-corrected chi connectivity index (χ1v) is 20.8. The number of hydrogen-bond donors (Lipinski definition) is 0. The lowest BCUT2D eigenvalue weighted by Crippen LogP contribution is -2.18. The number of fused-ring (bicyclic) bond motifs is 3. The first kappa shape index (κ1) is 33.7. The Hall–Kier alpha value is -7.36. The molecule has 0 unspecified atom stereocenters. The molecule has 0 spiro atoms. The summed E-state index contributed by atoms with van der Waals surface area (Å²) in [5.74, 6) is 1.73. The second-order valence-corrected chi connectivity index (χ2v) is 15.9. The second-order valence-electron chi connectivity index (χ2n) is 15.9. The van der Waals surface area contributed by atoms with Gasteiger partial charge in [0, 0.05) is 28.0 Å². The van der Waals surface area contributed by atoms with Crippen LogP contribution in [0.15, 0.2) is 194 Å². The molecule has 0 bridgehead atoms. The van der Waals surface area contributed by atoms with E-state index >= 15 is 0 Å². The molecule has 10 aromatic carbocycles. The minimum atomic E-state index is 0.850. The lowest BCUT2D eigenvalue weighted by molar-refractivity contribution is 0.478. The largest absolute Gasteiger partial charge is 0.452 e. The average molecular weight is 757 g/mol. The summed E-state index contributed by atoms with van der Waals surface area (Å²) in [6, 6.07) is 70.9. The summed E-state index contributed by atoms with van der Waals surface area (Å²) in [5.41, 5.74) is 14.0. The zero-order valence-electron chi connectivity index (χ0n) is 32.6. The Kier molecular flexibility index (Phi) is 7.80. The lowest BCUT2D eigenvalue weighted by Gasteiger charge is -2.36. The van der Waals surface area contributed by atoms with Gasteiger partial charge < -0.3 is 14.5 Å². The van der Waals surface area contributed by atoms with Crippen LogP contribution in [0.2, 0.25) is 0 Å². The number of anilines is 6. The molecule has 10 aromatic rings. The van der Waals surface area contributed by atoms with Crippen molar-refractivity contribution in [1.29, 1.82) is 0 Å². The molecular weight excluding hydrogens is 717 g/mol. The van der Waals surface area contributed by atoms with Gasteiger partial charge in [-0.2, -0.15) is 0 Å². The highest BCUT2D eigenvalue weighted by Crippen LogP contribution is 2.57. The van der Waals surface area contributed by atoms with Gasteiger partial charge in [0.25, 0.3) is 0 Å². The highest BCUT2D eigenvalue weighted by Gasteiger charge is 2.32. The van der Waals surface area contributed by atoms with E-state index < -0.39 is 0 Å². The van der Waals surface area contributed by atoms with E-state index in [1.165, 1.54) is 73.0 Å². The van der Waals surface area contributed by atoms with Crippen LogP contribution in [0.1, 0.15) is 24.0 Å². The van der Waals surface area contributed by atoms with Crippen molar-refractivity contribution in [3.05, 3.63) is 205 Å². The maximum Gasteiger partial charge on any atom is 0.159 e. The van der Waals surface area contributed by atoms with Crippen LogP contribution in [0.5, 0.6) is 11.5 Å². The van der Waals surface area contributed by atoms with Crippen LogP contribution in [0.3, 0.4) is 0 Å². The SMILES string of the molecule is c1ccc(-c2ccc(N(c3cc(-c4cccc5c4CCCC5)c4c(c3)N(c3ccccc3)c3ccccc3O4)c3ccc4ccc5cccc6ccc3c4c56)cc2)cc1. The predicted octanol–water partition coefficient (Wildman–Crippen LogP) is 15.8. The van der Waals surface area contributed by atoms with E-state index in [9.17, 15) is 0 Å². The van der Waals surface area contributed by atoms with Crippen molar-refractivity contribution in [3.63, 3.8) is 0 Å². The predicted molar refractivity (Wildman–Crippen MR) is 247 cm³/mol. The molecule has 2 aliphatic rings. The summed E-state index contributed by atoms with van der Waals surface area (Å²) in [6.07, 6.45) is 4.58. The van der Waals surface area contributed by atoms with Crippen molar-refractivity contribution < 1.29 is 4.74 Å². The Morgan fingerprint density at radius 1 is 0.458 bits per heavy atom. The number of ether oxygens (including phenoxy) is 1. The number of benzene rings is 10. The van der Waals surface area contributed by atoms with Gasteiger partial charge in [0.2, 0.25) is 0 Å². The molecule has 1 aliphatic carbocycles.